The largest absolute Gasteiger partial charge is 0.395 e. The second-order valence-corrected chi connectivity index (χ2v) is 5.13. The van der Waals surface area contributed by atoms with E-state index in [9.17, 15) is 0 Å². The topological polar surface area (TPSA) is 69.7 Å². The van der Waals surface area contributed by atoms with E-state index >= 15 is 0 Å². The number of aliphatic hydroxyl groups is 2. The maximum atomic E-state index is 9.10. The Hall–Kier alpha value is -0.750. The zero-order chi connectivity index (χ0) is 13.4. The highest BCUT2D eigenvalue weighted by Crippen LogP contribution is 2.30. The van der Waals surface area contributed by atoms with Crippen molar-refractivity contribution in [1.29, 1.82) is 0 Å². The van der Waals surface area contributed by atoms with Gasteiger partial charge in [0.15, 0.2) is 0 Å². The fraction of sp³-hybridized carbons (Fsp3) is 0.538. The molecule has 0 aliphatic heterocycles. The summed E-state index contributed by atoms with van der Waals surface area (Å²) in [5, 5.41) is 18.2. The molecular weight excluding hydrogens is 248 g/mol. The maximum absolute atomic E-state index is 9.10. The van der Waals surface area contributed by atoms with Crippen LogP contribution >= 0.6 is 11.8 Å². The molecule has 0 unspecified atom stereocenters. The number of anilines is 1. The van der Waals surface area contributed by atoms with Gasteiger partial charge in [-0.05, 0) is 17.9 Å². The summed E-state index contributed by atoms with van der Waals surface area (Å²) in [6.07, 6.45) is 0. The molecular formula is C13H22N2O2S. The third-order valence-electron chi connectivity index (χ3n) is 2.69. The Labute approximate surface area is 113 Å². The molecule has 1 rings (SSSR count). The summed E-state index contributed by atoms with van der Waals surface area (Å²) in [5.74, 6) is 0.996. The van der Waals surface area contributed by atoms with E-state index in [0.717, 1.165) is 17.0 Å². The highest BCUT2D eigenvalue weighted by atomic mass is 32.2. The van der Waals surface area contributed by atoms with Crippen LogP contribution < -0.4 is 10.6 Å². The zero-order valence-electron chi connectivity index (χ0n) is 10.8. The lowest BCUT2D eigenvalue weighted by atomic mass is 10.1. The van der Waals surface area contributed by atoms with Gasteiger partial charge in [0, 0.05) is 35.8 Å². The van der Waals surface area contributed by atoms with Gasteiger partial charge < -0.3 is 20.8 Å². The number of hydrogen-bond acceptors (Lipinski definition) is 5. The number of aliphatic hydroxyl groups excluding tert-OH is 2. The molecule has 4 N–H and O–H groups in total. The van der Waals surface area contributed by atoms with Crippen molar-refractivity contribution in [2.24, 2.45) is 5.73 Å². The third-order valence-corrected chi connectivity index (χ3v) is 3.67. The summed E-state index contributed by atoms with van der Waals surface area (Å²) in [7, 11) is 0. The molecule has 0 bridgehead atoms. The van der Waals surface area contributed by atoms with Gasteiger partial charge in [0.25, 0.3) is 0 Å². The van der Waals surface area contributed by atoms with E-state index in [4.69, 9.17) is 15.9 Å². The summed E-state index contributed by atoms with van der Waals surface area (Å²) in [5.41, 5.74) is 7.95. The Morgan fingerprint density at radius 1 is 1.22 bits per heavy atom. The number of thioether (sulfide) groups is 1. The molecule has 0 saturated carbocycles. The average Bonchev–Trinajstić information content (AvgIpc) is 2.38. The first-order valence-corrected chi connectivity index (χ1v) is 7.18. The number of nitrogens with zero attached hydrogens (tertiary/aromatic N) is 1. The molecule has 18 heavy (non-hydrogen) atoms. The van der Waals surface area contributed by atoms with Gasteiger partial charge in [-0.2, -0.15) is 0 Å². The molecule has 1 aromatic rings. The molecule has 0 amide bonds. The summed E-state index contributed by atoms with van der Waals surface area (Å²) >= 11 is 1.76. The van der Waals surface area contributed by atoms with Crippen LogP contribution in [0.25, 0.3) is 0 Å². The molecule has 0 heterocycles. The van der Waals surface area contributed by atoms with Gasteiger partial charge in [-0.15, -0.1) is 11.8 Å². The van der Waals surface area contributed by atoms with E-state index in [1.54, 1.807) is 11.8 Å². The first-order chi connectivity index (χ1) is 8.78. The van der Waals surface area contributed by atoms with Crippen molar-refractivity contribution in [3.63, 3.8) is 0 Å². The van der Waals surface area contributed by atoms with Crippen molar-refractivity contribution in [2.45, 2.75) is 18.4 Å². The number of rotatable bonds is 8. The van der Waals surface area contributed by atoms with Crippen LogP contribution in [0.1, 0.15) is 12.5 Å². The summed E-state index contributed by atoms with van der Waals surface area (Å²) in [6.45, 7) is 3.72. The molecule has 5 heteroatoms. The summed E-state index contributed by atoms with van der Waals surface area (Å²) < 4.78 is 0. The fourth-order valence-electron chi connectivity index (χ4n) is 1.94. The smallest absolute Gasteiger partial charge is 0.0606 e. The Bertz CT molecular complexity index is 355. The normalized spacial score (nSPS) is 10.7. The van der Waals surface area contributed by atoms with Crippen LogP contribution in [0.2, 0.25) is 0 Å². The van der Waals surface area contributed by atoms with Crippen molar-refractivity contribution in [3.8, 4) is 0 Å². The van der Waals surface area contributed by atoms with E-state index in [1.165, 1.54) is 4.90 Å². The highest BCUT2D eigenvalue weighted by Gasteiger charge is 2.12. The van der Waals surface area contributed by atoms with Gasteiger partial charge in [-0.1, -0.05) is 13.0 Å². The lowest BCUT2D eigenvalue weighted by Gasteiger charge is -2.26. The van der Waals surface area contributed by atoms with Gasteiger partial charge in [0.2, 0.25) is 0 Å². The molecule has 0 aromatic heterocycles. The summed E-state index contributed by atoms with van der Waals surface area (Å²) in [4.78, 5) is 3.15. The number of hydrogen-bond donors (Lipinski definition) is 3. The lowest BCUT2D eigenvalue weighted by Crippen LogP contribution is -2.31. The van der Waals surface area contributed by atoms with E-state index in [1.807, 2.05) is 17.0 Å². The van der Waals surface area contributed by atoms with Crippen LogP contribution in [0.5, 0.6) is 0 Å². The SMILES string of the molecule is CCSc1cccc(N(CCO)CCO)c1CN. The lowest BCUT2D eigenvalue weighted by molar-refractivity contribution is 0.281. The predicted octanol–water partition coefficient (Wildman–Crippen LogP) is 1.05. The minimum absolute atomic E-state index is 0.0646. The second kappa shape index (κ2) is 8.37. The fourth-order valence-corrected chi connectivity index (χ4v) is 2.79. The molecule has 0 fully saturated rings. The van der Waals surface area contributed by atoms with Crippen LogP contribution in [-0.4, -0.2) is 42.3 Å². The Kier molecular flexibility index (Phi) is 7.12. The van der Waals surface area contributed by atoms with Crippen molar-refractivity contribution in [1.82, 2.24) is 0 Å². The van der Waals surface area contributed by atoms with Crippen LogP contribution in [0.4, 0.5) is 5.69 Å². The number of nitrogens with two attached hydrogens (primary N) is 1. The van der Waals surface area contributed by atoms with E-state index in [-0.39, 0.29) is 13.2 Å². The molecule has 1 aromatic carbocycles. The van der Waals surface area contributed by atoms with Crippen LogP contribution in [0, 0.1) is 0 Å². The van der Waals surface area contributed by atoms with E-state index < -0.39 is 0 Å². The Morgan fingerprint density at radius 2 is 1.89 bits per heavy atom. The molecule has 0 atom stereocenters. The van der Waals surface area contributed by atoms with Crippen molar-refractivity contribution >= 4 is 17.4 Å². The third kappa shape index (κ3) is 3.88. The van der Waals surface area contributed by atoms with Crippen molar-refractivity contribution in [3.05, 3.63) is 23.8 Å². The monoisotopic (exact) mass is 270 g/mol. The highest BCUT2D eigenvalue weighted by molar-refractivity contribution is 7.99. The zero-order valence-corrected chi connectivity index (χ0v) is 11.6. The minimum atomic E-state index is 0.0646. The molecule has 0 spiro atoms. The summed E-state index contributed by atoms with van der Waals surface area (Å²) in [6, 6.07) is 6.05. The molecule has 4 nitrogen and oxygen atoms in total. The average molecular weight is 270 g/mol. The number of benzene rings is 1. The molecule has 0 aliphatic carbocycles. The predicted molar refractivity (Wildman–Crippen MR) is 77.1 cm³/mol. The second-order valence-electron chi connectivity index (χ2n) is 3.83. The van der Waals surface area contributed by atoms with Crippen LogP contribution in [0.3, 0.4) is 0 Å². The molecule has 102 valence electrons. The van der Waals surface area contributed by atoms with Crippen molar-refractivity contribution in [2.75, 3.05) is 37.0 Å². The van der Waals surface area contributed by atoms with E-state index in [0.29, 0.717) is 19.6 Å². The first kappa shape index (κ1) is 15.3. The Morgan fingerprint density at radius 3 is 2.39 bits per heavy atom. The standard InChI is InChI=1S/C13H22N2O2S/c1-2-18-13-5-3-4-12(11(13)10-14)15(6-8-16)7-9-17/h3-5,16-17H,2,6-10,14H2,1H3. The van der Waals surface area contributed by atoms with Crippen LogP contribution in [0.15, 0.2) is 23.1 Å². The molecule has 0 aliphatic rings. The quantitative estimate of drug-likeness (QED) is 0.616. The van der Waals surface area contributed by atoms with Gasteiger partial charge >= 0.3 is 0 Å². The van der Waals surface area contributed by atoms with Gasteiger partial charge in [-0.3, -0.25) is 0 Å². The maximum Gasteiger partial charge on any atom is 0.0606 e. The Balaban J connectivity index is 3.07. The van der Waals surface area contributed by atoms with Gasteiger partial charge in [-0.25, -0.2) is 0 Å². The van der Waals surface area contributed by atoms with E-state index in [2.05, 4.69) is 13.0 Å². The minimum Gasteiger partial charge on any atom is -0.395 e. The first-order valence-electron chi connectivity index (χ1n) is 6.19. The molecule has 0 saturated heterocycles. The van der Waals surface area contributed by atoms with Crippen molar-refractivity contribution < 1.29 is 10.2 Å². The van der Waals surface area contributed by atoms with Crippen LogP contribution in [-0.2, 0) is 6.54 Å². The molecule has 0 radical (unpaired) electrons. The van der Waals surface area contributed by atoms with Gasteiger partial charge in [0.05, 0.1) is 13.2 Å². The van der Waals surface area contributed by atoms with Gasteiger partial charge in [0.1, 0.15) is 0 Å².